The largest absolute Gasteiger partial charge is 0.381 e. The van der Waals surface area contributed by atoms with E-state index in [1.165, 1.54) is 5.75 Å². The lowest BCUT2D eigenvalue weighted by Gasteiger charge is -2.11. The third-order valence-electron chi connectivity index (χ3n) is 2.33. The lowest BCUT2D eigenvalue weighted by Crippen LogP contribution is -2.38. The van der Waals surface area contributed by atoms with Gasteiger partial charge in [0.25, 0.3) is 0 Å². The van der Waals surface area contributed by atoms with Crippen LogP contribution in [0.4, 0.5) is 0 Å². The molecule has 0 bridgehead atoms. The maximum Gasteiger partial charge on any atom is 0.191 e. The lowest BCUT2D eigenvalue weighted by atomic mass is 10.2. The van der Waals surface area contributed by atoms with Gasteiger partial charge < -0.3 is 15.4 Å². The minimum atomic E-state index is 0. The van der Waals surface area contributed by atoms with Crippen LogP contribution in [0.25, 0.3) is 0 Å². The highest BCUT2D eigenvalue weighted by atomic mass is 127. The first-order valence-corrected chi connectivity index (χ1v) is 8.69. The molecule has 0 unspecified atom stereocenters. The fraction of sp³-hybridized carbons (Fsp3) is 0.929. The van der Waals surface area contributed by atoms with Gasteiger partial charge in [0.05, 0.1) is 0 Å². The molecule has 0 aliphatic heterocycles. The monoisotopic (exact) mass is 417 g/mol. The van der Waals surface area contributed by atoms with Gasteiger partial charge in [-0.2, -0.15) is 11.8 Å². The molecule has 0 rings (SSSR count). The first-order valence-electron chi connectivity index (χ1n) is 7.29. The Bertz CT molecular complexity index is 228. The average molecular weight is 417 g/mol. The maximum absolute atomic E-state index is 5.55. The molecule has 0 aromatic carbocycles. The number of ether oxygens (including phenoxy) is 1. The van der Waals surface area contributed by atoms with Crippen LogP contribution in [0, 0.1) is 5.92 Å². The summed E-state index contributed by atoms with van der Waals surface area (Å²) in [7, 11) is 0. The van der Waals surface area contributed by atoms with Gasteiger partial charge in [0, 0.05) is 32.8 Å². The zero-order valence-electron chi connectivity index (χ0n) is 13.4. The van der Waals surface area contributed by atoms with Gasteiger partial charge >= 0.3 is 0 Å². The zero-order valence-corrected chi connectivity index (χ0v) is 16.6. The summed E-state index contributed by atoms with van der Waals surface area (Å²) in [6.07, 6.45) is 4.28. The van der Waals surface area contributed by atoms with Gasteiger partial charge in [-0.25, -0.2) is 0 Å². The molecule has 6 heteroatoms. The van der Waals surface area contributed by atoms with Crippen molar-refractivity contribution >= 4 is 41.7 Å². The fourth-order valence-corrected chi connectivity index (χ4v) is 1.86. The Hall–Kier alpha value is 0.310. The third kappa shape index (κ3) is 16.4. The SMILES string of the molecule is CCNC(=NCCCSC)NCCCOCC(C)C.I. The second kappa shape index (κ2) is 17.4. The number of guanidine groups is 1. The highest BCUT2D eigenvalue weighted by molar-refractivity contribution is 14.0. The van der Waals surface area contributed by atoms with E-state index in [0.717, 1.165) is 51.6 Å². The molecule has 0 heterocycles. The summed E-state index contributed by atoms with van der Waals surface area (Å²) in [5.74, 6) is 2.71. The number of nitrogens with zero attached hydrogens (tertiary/aromatic N) is 1. The molecule has 0 aliphatic rings. The molecular weight excluding hydrogens is 385 g/mol. The average Bonchev–Trinajstić information content (AvgIpc) is 2.38. The van der Waals surface area contributed by atoms with Crippen molar-refractivity contribution < 1.29 is 4.74 Å². The molecule has 122 valence electrons. The Labute approximate surface area is 146 Å². The smallest absolute Gasteiger partial charge is 0.191 e. The molecule has 0 saturated heterocycles. The second-order valence-corrected chi connectivity index (χ2v) is 5.84. The number of aliphatic imine (C=N–C) groups is 1. The van der Waals surface area contributed by atoms with Crippen LogP contribution in [0.3, 0.4) is 0 Å². The standard InChI is InChI=1S/C14H31N3OS.HI/c1-5-15-14(17-9-7-11-19-4)16-8-6-10-18-12-13(2)3;/h13H,5-12H2,1-4H3,(H2,15,16,17);1H. The van der Waals surface area contributed by atoms with Gasteiger partial charge in [-0.3, -0.25) is 4.99 Å². The number of thioether (sulfide) groups is 1. The molecule has 4 nitrogen and oxygen atoms in total. The van der Waals surface area contributed by atoms with E-state index in [2.05, 4.69) is 42.7 Å². The topological polar surface area (TPSA) is 45.7 Å². The second-order valence-electron chi connectivity index (χ2n) is 4.86. The van der Waals surface area contributed by atoms with Crippen LogP contribution in [0.1, 0.15) is 33.6 Å². The maximum atomic E-state index is 5.55. The molecule has 0 radical (unpaired) electrons. The van der Waals surface area contributed by atoms with Gasteiger partial charge in [0.15, 0.2) is 5.96 Å². The first-order chi connectivity index (χ1) is 9.20. The van der Waals surface area contributed by atoms with Crippen LogP contribution in [-0.4, -0.2) is 50.8 Å². The minimum absolute atomic E-state index is 0. The molecule has 0 fully saturated rings. The predicted octanol–water partition coefficient (Wildman–Crippen LogP) is 2.98. The van der Waals surface area contributed by atoms with Crippen molar-refractivity contribution in [2.24, 2.45) is 10.9 Å². The van der Waals surface area contributed by atoms with E-state index in [1.54, 1.807) is 0 Å². The molecule has 0 aliphatic carbocycles. The number of hydrogen-bond acceptors (Lipinski definition) is 3. The van der Waals surface area contributed by atoms with Crippen LogP contribution in [-0.2, 0) is 4.74 Å². The summed E-state index contributed by atoms with van der Waals surface area (Å²) < 4.78 is 5.55. The van der Waals surface area contributed by atoms with Gasteiger partial charge in [0.1, 0.15) is 0 Å². The van der Waals surface area contributed by atoms with Crippen LogP contribution in [0.15, 0.2) is 4.99 Å². The first kappa shape index (κ1) is 22.6. The van der Waals surface area contributed by atoms with E-state index >= 15 is 0 Å². The van der Waals surface area contributed by atoms with E-state index < -0.39 is 0 Å². The van der Waals surface area contributed by atoms with Crippen molar-refractivity contribution in [1.82, 2.24) is 10.6 Å². The number of rotatable bonds is 11. The van der Waals surface area contributed by atoms with E-state index in [9.17, 15) is 0 Å². The van der Waals surface area contributed by atoms with Crippen molar-refractivity contribution in [3.8, 4) is 0 Å². The van der Waals surface area contributed by atoms with Crippen LogP contribution in [0.2, 0.25) is 0 Å². The molecule has 0 atom stereocenters. The van der Waals surface area contributed by atoms with E-state index in [4.69, 9.17) is 4.74 Å². The van der Waals surface area contributed by atoms with Crippen molar-refractivity contribution in [3.05, 3.63) is 0 Å². The Kier molecular flexibility index (Phi) is 19.6. The van der Waals surface area contributed by atoms with E-state index in [1.807, 2.05) is 11.8 Å². The highest BCUT2D eigenvalue weighted by Gasteiger charge is 1.97. The molecule has 0 amide bonds. The Balaban J connectivity index is 0. The van der Waals surface area contributed by atoms with E-state index in [-0.39, 0.29) is 24.0 Å². The molecule has 2 N–H and O–H groups in total. The number of nitrogens with one attached hydrogen (secondary N) is 2. The van der Waals surface area contributed by atoms with Crippen molar-refractivity contribution in [2.75, 3.05) is 44.9 Å². The van der Waals surface area contributed by atoms with Crippen molar-refractivity contribution in [2.45, 2.75) is 33.6 Å². The molecule has 0 aromatic heterocycles. The summed E-state index contributed by atoms with van der Waals surface area (Å²) in [5.41, 5.74) is 0. The Morgan fingerprint density at radius 1 is 1.25 bits per heavy atom. The summed E-state index contributed by atoms with van der Waals surface area (Å²) in [6.45, 7) is 10.8. The third-order valence-corrected chi connectivity index (χ3v) is 3.03. The summed E-state index contributed by atoms with van der Waals surface area (Å²) in [6, 6.07) is 0. The Morgan fingerprint density at radius 2 is 2.00 bits per heavy atom. The normalized spacial score (nSPS) is 11.3. The summed E-state index contributed by atoms with van der Waals surface area (Å²) in [5, 5.41) is 6.60. The summed E-state index contributed by atoms with van der Waals surface area (Å²) in [4.78, 5) is 4.54. The van der Waals surface area contributed by atoms with Gasteiger partial charge in [0.2, 0.25) is 0 Å². The summed E-state index contributed by atoms with van der Waals surface area (Å²) >= 11 is 1.87. The number of halogens is 1. The van der Waals surface area contributed by atoms with Crippen molar-refractivity contribution in [3.63, 3.8) is 0 Å². The molecule has 0 saturated carbocycles. The zero-order chi connectivity index (χ0) is 14.3. The van der Waals surface area contributed by atoms with Gasteiger partial charge in [-0.05, 0) is 37.7 Å². The predicted molar refractivity (Wildman–Crippen MR) is 103 cm³/mol. The fourth-order valence-electron chi connectivity index (χ4n) is 1.44. The Morgan fingerprint density at radius 3 is 2.60 bits per heavy atom. The van der Waals surface area contributed by atoms with Crippen LogP contribution >= 0.6 is 35.7 Å². The van der Waals surface area contributed by atoms with Crippen LogP contribution in [0.5, 0.6) is 0 Å². The molecule has 20 heavy (non-hydrogen) atoms. The number of hydrogen-bond donors (Lipinski definition) is 2. The molecule has 0 aromatic rings. The highest BCUT2D eigenvalue weighted by Crippen LogP contribution is 1.95. The molecule has 0 spiro atoms. The van der Waals surface area contributed by atoms with Crippen LogP contribution < -0.4 is 10.6 Å². The lowest BCUT2D eigenvalue weighted by molar-refractivity contribution is 0.108. The minimum Gasteiger partial charge on any atom is -0.381 e. The van der Waals surface area contributed by atoms with Crippen molar-refractivity contribution in [1.29, 1.82) is 0 Å². The molecular formula is C14H32IN3OS. The van der Waals surface area contributed by atoms with E-state index in [0.29, 0.717) is 5.92 Å². The quantitative estimate of drug-likeness (QED) is 0.235. The van der Waals surface area contributed by atoms with Gasteiger partial charge in [-0.1, -0.05) is 13.8 Å². The van der Waals surface area contributed by atoms with Gasteiger partial charge in [-0.15, -0.1) is 24.0 Å².